The van der Waals surface area contributed by atoms with Crippen LogP contribution in [-0.2, 0) is 11.3 Å². The van der Waals surface area contributed by atoms with E-state index in [9.17, 15) is 4.79 Å². The van der Waals surface area contributed by atoms with Crippen LogP contribution in [0.2, 0.25) is 0 Å². The van der Waals surface area contributed by atoms with Crippen molar-refractivity contribution >= 4 is 17.2 Å². The second-order valence-corrected chi connectivity index (χ2v) is 5.14. The van der Waals surface area contributed by atoms with Gasteiger partial charge >= 0.3 is 0 Å². The Morgan fingerprint density at radius 2 is 2.06 bits per heavy atom. The number of likely N-dealkylation sites (tertiary alicyclic amines) is 1. The number of halogens is 1. The Bertz CT molecular complexity index is 372. The highest BCUT2D eigenvalue weighted by Gasteiger charge is 2.23. The van der Waals surface area contributed by atoms with Crippen LogP contribution < -0.4 is 21.5 Å². The molecule has 0 saturated carbocycles. The molecule has 0 spiro atoms. The van der Waals surface area contributed by atoms with Crippen molar-refractivity contribution in [2.45, 2.75) is 33.2 Å². The van der Waals surface area contributed by atoms with E-state index in [0.29, 0.717) is 6.54 Å². The van der Waals surface area contributed by atoms with Gasteiger partial charge in [0, 0.05) is 20.0 Å². The number of aromatic nitrogens is 1. The lowest BCUT2D eigenvalue weighted by Crippen LogP contribution is -3.00. The van der Waals surface area contributed by atoms with Gasteiger partial charge < -0.3 is 21.9 Å². The van der Waals surface area contributed by atoms with Crippen LogP contribution in [0.25, 0.3) is 0 Å². The fourth-order valence-electron chi connectivity index (χ4n) is 1.88. The van der Waals surface area contributed by atoms with Gasteiger partial charge in [0.25, 0.3) is 5.91 Å². The summed E-state index contributed by atoms with van der Waals surface area (Å²) in [7, 11) is 0. The smallest absolute Gasteiger partial charge is 0.288 e. The lowest BCUT2D eigenvalue weighted by molar-refractivity contribution is -0.686. The summed E-state index contributed by atoms with van der Waals surface area (Å²) in [6.07, 6.45) is 2.33. The van der Waals surface area contributed by atoms with E-state index >= 15 is 0 Å². The number of thiazole rings is 1. The molecule has 2 heterocycles. The Kier molecular flexibility index (Phi) is 4.92. The third-order valence-corrected chi connectivity index (χ3v) is 4.07. The fourth-order valence-corrected chi connectivity index (χ4v) is 2.68. The maximum absolute atomic E-state index is 11.9. The van der Waals surface area contributed by atoms with Gasteiger partial charge in [-0.2, -0.15) is 4.57 Å². The molecule has 0 bridgehead atoms. The molecule has 0 radical (unpaired) electrons. The molecule has 2 rings (SSSR count). The fraction of sp³-hybridized carbons (Fsp3) is 0.636. The SMILES string of the molecule is Cc1sc[n+](CC(=O)N2CCCC2)c1C.[Br-]. The minimum absolute atomic E-state index is 0. The van der Waals surface area contributed by atoms with Crippen LogP contribution in [0.3, 0.4) is 0 Å². The molecule has 1 aromatic heterocycles. The van der Waals surface area contributed by atoms with Crippen LogP contribution in [0.4, 0.5) is 0 Å². The molecule has 5 heteroatoms. The van der Waals surface area contributed by atoms with Gasteiger partial charge in [0.15, 0.2) is 5.69 Å². The first-order valence-corrected chi connectivity index (χ1v) is 6.28. The third kappa shape index (κ3) is 2.83. The molecule has 1 aliphatic rings. The van der Waals surface area contributed by atoms with Crippen LogP contribution >= 0.6 is 11.3 Å². The third-order valence-electron chi connectivity index (χ3n) is 3.06. The predicted octanol–water partition coefficient (Wildman–Crippen LogP) is -1.72. The molecule has 16 heavy (non-hydrogen) atoms. The molecule has 0 unspecified atom stereocenters. The highest BCUT2D eigenvalue weighted by Crippen LogP contribution is 2.10. The summed E-state index contributed by atoms with van der Waals surface area (Å²) in [6, 6.07) is 0. The van der Waals surface area contributed by atoms with E-state index in [1.807, 2.05) is 10.4 Å². The second-order valence-electron chi connectivity index (χ2n) is 4.08. The highest BCUT2D eigenvalue weighted by molar-refractivity contribution is 7.09. The Balaban J connectivity index is 0.00000128. The van der Waals surface area contributed by atoms with E-state index in [0.717, 1.165) is 25.9 Å². The van der Waals surface area contributed by atoms with E-state index in [-0.39, 0.29) is 22.9 Å². The predicted molar refractivity (Wildman–Crippen MR) is 59.8 cm³/mol. The zero-order valence-corrected chi connectivity index (χ0v) is 12.1. The lowest BCUT2D eigenvalue weighted by atomic mass is 10.4. The van der Waals surface area contributed by atoms with Gasteiger partial charge in [-0.25, -0.2) is 0 Å². The lowest BCUT2D eigenvalue weighted by Gasteiger charge is -2.12. The molecular weight excluding hydrogens is 288 g/mol. The topological polar surface area (TPSA) is 24.2 Å². The average molecular weight is 305 g/mol. The van der Waals surface area contributed by atoms with E-state index in [1.54, 1.807) is 11.3 Å². The molecule has 0 aliphatic carbocycles. The van der Waals surface area contributed by atoms with Crippen molar-refractivity contribution in [3.05, 3.63) is 16.1 Å². The Hall–Kier alpha value is -0.420. The number of carbonyl (C=O) groups excluding carboxylic acids is 1. The van der Waals surface area contributed by atoms with Crippen molar-refractivity contribution in [2.24, 2.45) is 0 Å². The Labute approximate surface area is 111 Å². The van der Waals surface area contributed by atoms with Crippen molar-refractivity contribution in [3.63, 3.8) is 0 Å². The summed E-state index contributed by atoms with van der Waals surface area (Å²) in [5.74, 6) is 0.262. The maximum Gasteiger partial charge on any atom is 0.288 e. The Morgan fingerprint density at radius 1 is 1.44 bits per heavy atom. The zero-order valence-electron chi connectivity index (χ0n) is 9.70. The molecule has 3 nitrogen and oxygen atoms in total. The first kappa shape index (κ1) is 13.6. The van der Waals surface area contributed by atoms with E-state index in [2.05, 4.69) is 18.4 Å². The van der Waals surface area contributed by atoms with Crippen LogP contribution in [0.5, 0.6) is 0 Å². The molecule has 1 fully saturated rings. The van der Waals surface area contributed by atoms with Gasteiger partial charge in [0.1, 0.15) is 0 Å². The molecular formula is C11H17BrN2OS. The summed E-state index contributed by atoms with van der Waals surface area (Å²) in [6.45, 7) is 6.57. The minimum Gasteiger partial charge on any atom is -1.00 e. The molecule has 0 aromatic carbocycles. The largest absolute Gasteiger partial charge is 1.00 e. The number of hydrogen-bond donors (Lipinski definition) is 0. The number of aryl methyl sites for hydroxylation is 1. The summed E-state index contributed by atoms with van der Waals surface area (Å²) in [4.78, 5) is 15.2. The van der Waals surface area contributed by atoms with Gasteiger partial charge in [0.2, 0.25) is 12.1 Å². The van der Waals surface area contributed by atoms with Crippen LogP contribution in [-0.4, -0.2) is 23.9 Å². The molecule has 1 aliphatic heterocycles. The van der Waals surface area contributed by atoms with Gasteiger partial charge in [0.05, 0.1) is 4.88 Å². The number of carbonyl (C=O) groups is 1. The molecule has 1 amide bonds. The van der Waals surface area contributed by atoms with Gasteiger partial charge in [-0.15, -0.1) is 0 Å². The number of nitrogens with zero attached hydrogens (tertiary/aromatic N) is 2. The summed E-state index contributed by atoms with van der Waals surface area (Å²) < 4.78 is 2.06. The summed E-state index contributed by atoms with van der Waals surface area (Å²) >= 11 is 1.71. The Morgan fingerprint density at radius 3 is 2.56 bits per heavy atom. The minimum atomic E-state index is 0. The van der Waals surface area contributed by atoms with Gasteiger partial charge in [-0.1, -0.05) is 11.3 Å². The van der Waals surface area contributed by atoms with Crippen molar-refractivity contribution in [3.8, 4) is 0 Å². The number of rotatable bonds is 2. The molecule has 90 valence electrons. The van der Waals surface area contributed by atoms with Crippen molar-refractivity contribution < 1.29 is 26.3 Å². The van der Waals surface area contributed by atoms with E-state index in [1.165, 1.54) is 10.6 Å². The number of amides is 1. The first-order chi connectivity index (χ1) is 7.18. The monoisotopic (exact) mass is 304 g/mol. The van der Waals surface area contributed by atoms with Crippen molar-refractivity contribution in [1.29, 1.82) is 0 Å². The summed E-state index contributed by atoms with van der Waals surface area (Å²) in [5, 5.41) is 0. The van der Waals surface area contributed by atoms with Gasteiger partial charge in [-0.05, 0) is 19.8 Å². The quantitative estimate of drug-likeness (QED) is 0.597. The second kappa shape index (κ2) is 5.77. The van der Waals surface area contributed by atoms with E-state index < -0.39 is 0 Å². The van der Waals surface area contributed by atoms with Crippen molar-refractivity contribution in [1.82, 2.24) is 4.90 Å². The highest BCUT2D eigenvalue weighted by atomic mass is 79.9. The molecule has 1 saturated heterocycles. The zero-order chi connectivity index (χ0) is 10.8. The molecule has 1 aromatic rings. The van der Waals surface area contributed by atoms with Crippen molar-refractivity contribution in [2.75, 3.05) is 13.1 Å². The molecule has 0 N–H and O–H groups in total. The van der Waals surface area contributed by atoms with E-state index in [4.69, 9.17) is 0 Å². The standard InChI is InChI=1S/C11H17N2OS.BrH/c1-9-10(2)15-8-13(9)7-11(14)12-5-3-4-6-12;/h8H,3-7H2,1-2H3;1H/q+1;/p-1. The average Bonchev–Trinajstić information content (AvgIpc) is 2.83. The van der Waals surface area contributed by atoms with Crippen LogP contribution in [0, 0.1) is 13.8 Å². The van der Waals surface area contributed by atoms with Gasteiger partial charge in [-0.3, -0.25) is 4.79 Å². The first-order valence-electron chi connectivity index (χ1n) is 5.40. The van der Waals surface area contributed by atoms with Crippen LogP contribution in [0.1, 0.15) is 23.4 Å². The summed E-state index contributed by atoms with van der Waals surface area (Å²) in [5.41, 5.74) is 3.26. The molecule has 0 atom stereocenters. The normalized spacial score (nSPS) is 15.0. The maximum atomic E-state index is 11.9. The number of hydrogen-bond acceptors (Lipinski definition) is 2. The van der Waals surface area contributed by atoms with Crippen LogP contribution in [0.15, 0.2) is 5.51 Å².